The number of nitrogens with zero attached hydrogens (tertiary/aromatic N) is 1. The van der Waals surface area contributed by atoms with E-state index < -0.39 is 10.0 Å². The number of hydrogen-bond acceptors (Lipinski definition) is 5. The largest absolute Gasteiger partial charge is 0.505 e. The molecule has 7 nitrogen and oxygen atoms in total. The van der Waals surface area contributed by atoms with Gasteiger partial charge in [-0.15, -0.1) is 0 Å². The molecule has 0 aromatic heterocycles. The number of phenolic OH excluding ortho intramolecular Hbond substituents is 1. The number of carbonyl (C=O) groups is 1. The highest BCUT2D eigenvalue weighted by Gasteiger charge is 2.26. The van der Waals surface area contributed by atoms with Crippen LogP contribution in [0, 0.1) is 0 Å². The Balaban J connectivity index is 1.95. The van der Waals surface area contributed by atoms with Gasteiger partial charge in [0.15, 0.2) is 5.75 Å². The van der Waals surface area contributed by atoms with Crippen molar-refractivity contribution in [1.82, 2.24) is 0 Å². The lowest BCUT2D eigenvalue weighted by molar-refractivity contribution is 0.0976. The van der Waals surface area contributed by atoms with E-state index in [-0.39, 0.29) is 33.9 Å². The average Bonchev–Trinajstić information content (AvgIpc) is 2.56. The number of hydrogen-bond donors (Lipinski definition) is 2. The fourth-order valence-corrected chi connectivity index (χ4v) is 3.60. The summed E-state index contributed by atoms with van der Waals surface area (Å²) >= 11 is 11.8. The van der Waals surface area contributed by atoms with E-state index in [1.165, 1.54) is 29.2 Å². The van der Waals surface area contributed by atoms with Crippen LogP contribution in [0.3, 0.4) is 0 Å². The summed E-state index contributed by atoms with van der Waals surface area (Å²) in [6, 6.07) is 7.29. The van der Waals surface area contributed by atoms with Gasteiger partial charge in [0, 0.05) is 11.6 Å². The number of anilines is 2. The molecule has 1 aliphatic heterocycles. The molecule has 1 aliphatic rings. The second-order valence-corrected chi connectivity index (χ2v) is 8.21. The van der Waals surface area contributed by atoms with Crippen molar-refractivity contribution in [2.75, 3.05) is 29.0 Å². The molecule has 3 rings (SSSR count). The van der Waals surface area contributed by atoms with Crippen molar-refractivity contribution < 1.29 is 23.1 Å². The van der Waals surface area contributed by atoms with E-state index in [1.807, 2.05) is 0 Å². The van der Waals surface area contributed by atoms with Gasteiger partial charge in [-0.05, 0) is 24.3 Å². The fraction of sp³-hybridized carbons (Fsp3) is 0.188. The number of halogens is 2. The molecule has 1 amide bonds. The maximum Gasteiger partial charge on any atom is 0.258 e. The summed E-state index contributed by atoms with van der Waals surface area (Å²) in [5.41, 5.74) is 1.03. The van der Waals surface area contributed by atoms with Gasteiger partial charge in [-0.25, -0.2) is 8.42 Å². The molecule has 0 saturated carbocycles. The van der Waals surface area contributed by atoms with Gasteiger partial charge in [-0.1, -0.05) is 23.2 Å². The molecule has 2 aromatic rings. The van der Waals surface area contributed by atoms with E-state index in [2.05, 4.69) is 4.72 Å². The Labute approximate surface area is 160 Å². The molecule has 10 heteroatoms. The lowest BCUT2D eigenvalue weighted by Gasteiger charge is -2.30. The summed E-state index contributed by atoms with van der Waals surface area (Å²) in [5.74, 6) is -0.292. The molecular weight excluding hydrogens is 403 g/mol. The van der Waals surface area contributed by atoms with Crippen LogP contribution in [0.4, 0.5) is 11.4 Å². The van der Waals surface area contributed by atoms with Crippen molar-refractivity contribution in [3.8, 4) is 11.5 Å². The van der Waals surface area contributed by atoms with Crippen LogP contribution in [0.2, 0.25) is 10.0 Å². The van der Waals surface area contributed by atoms with Gasteiger partial charge in [0.25, 0.3) is 5.91 Å². The number of carbonyl (C=O) groups excluding carboxylic acids is 1. The Kier molecular flexibility index (Phi) is 4.92. The summed E-state index contributed by atoms with van der Waals surface area (Å²) in [6.07, 6.45) is 1.04. The lowest BCUT2D eigenvalue weighted by atomic mass is 10.1. The van der Waals surface area contributed by atoms with Crippen LogP contribution in [0.5, 0.6) is 11.5 Å². The Morgan fingerprint density at radius 2 is 1.88 bits per heavy atom. The number of nitrogens with one attached hydrogen (secondary N) is 1. The number of benzene rings is 2. The number of phenols is 1. The Morgan fingerprint density at radius 3 is 2.50 bits per heavy atom. The zero-order valence-electron chi connectivity index (χ0n) is 13.5. The Hall–Kier alpha value is -2.16. The molecule has 2 aromatic carbocycles. The van der Waals surface area contributed by atoms with Gasteiger partial charge in [-0.2, -0.15) is 0 Å². The third-order valence-corrected chi connectivity index (χ3v) is 4.82. The van der Waals surface area contributed by atoms with Crippen molar-refractivity contribution in [2.45, 2.75) is 0 Å². The molecule has 0 bridgehead atoms. The minimum absolute atomic E-state index is 0.0259. The van der Waals surface area contributed by atoms with Crippen LogP contribution in [0.15, 0.2) is 30.3 Å². The first kappa shape index (κ1) is 18.6. The lowest BCUT2D eigenvalue weighted by Crippen LogP contribution is -2.38. The van der Waals surface area contributed by atoms with Gasteiger partial charge in [0.1, 0.15) is 12.4 Å². The molecule has 0 unspecified atom stereocenters. The number of fused-ring (bicyclic) bond motifs is 1. The number of aromatic hydroxyl groups is 1. The molecule has 0 atom stereocenters. The second-order valence-electron chi connectivity index (χ2n) is 5.65. The average molecular weight is 417 g/mol. The third kappa shape index (κ3) is 3.82. The van der Waals surface area contributed by atoms with Gasteiger partial charge >= 0.3 is 0 Å². The molecule has 0 fully saturated rings. The van der Waals surface area contributed by atoms with Gasteiger partial charge in [0.05, 0.1) is 34.2 Å². The summed E-state index contributed by atoms with van der Waals surface area (Å²) in [6.45, 7) is 0.529. The van der Waals surface area contributed by atoms with Crippen molar-refractivity contribution in [1.29, 1.82) is 0 Å². The predicted molar refractivity (Wildman–Crippen MR) is 100 cm³/mol. The number of sulfonamides is 1. The Bertz CT molecular complexity index is 971. The third-order valence-electron chi connectivity index (χ3n) is 3.64. The quantitative estimate of drug-likeness (QED) is 0.800. The molecule has 138 valence electrons. The minimum atomic E-state index is -3.43. The van der Waals surface area contributed by atoms with E-state index in [1.54, 1.807) is 6.07 Å². The highest BCUT2D eigenvalue weighted by Crippen LogP contribution is 2.37. The molecule has 1 heterocycles. The predicted octanol–water partition coefficient (Wildman–Crippen LogP) is 3.11. The van der Waals surface area contributed by atoms with E-state index in [4.69, 9.17) is 27.9 Å². The first-order chi connectivity index (χ1) is 12.2. The standard InChI is InChI=1S/C16H14Cl2N2O5S/c1-26(23,24)19-10-2-3-13-14(8-10)25-5-4-20(13)16(22)9-6-11(17)15(21)12(18)7-9/h2-3,6-8,19,21H,4-5H2,1H3. The zero-order chi connectivity index (χ0) is 19.1. The van der Waals surface area contributed by atoms with Crippen molar-refractivity contribution in [2.24, 2.45) is 0 Å². The Morgan fingerprint density at radius 1 is 1.23 bits per heavy atom. The summed E-state index contributed by atoms with van der Waals surface area (Å²) in [5, 5.41) is 9.59. The molecule has 0 saturated heterocycles. The van der Waals surface area contributed by atoms with E-state index in [0.717, 1.165) is 6.26 Å². The number of rotatable bonds is 3. The molecular formula is C16H14Cl2N2O5S. The molecule has 0 aliphatic carbocycles. The monoisotopic (exact) mass is 416 g/mol. The van der Waals surface area contributed by atoms with Crippen LogP contribution in [0.1, 0.15) is 10.4 Å². The van der Waals surface area contributed by atoms with Crippen molar-refractivity contribution in [3.63, 3.8) is 0 Å². The summed E-state index contributed by atoms with van der Waals surface area (Å²) < 4.78 is 30.6. The van der Waals surface area contributed by atoms with Crippen molar-refractivity contribution >= 4 is 50.5 Å². The fourth-order valence-electron chi connectivity index (χ4n) is 2.55. The first-order valence-corrected chi connectivity index (χ1v) is 10.0. The zero-order valence-corrected chi connectivity index (χ0v) is 15.8. The van der Waals surface area contributed by atoms with E-state index in [0.29, 0.717) is 23.7 Å². The normalized spacial score (nSPS) is 13.7. The maximum atomic E-state index is 12.9. The molecule has 26 heavy (non-hydrogen) atoms. The number of ether oxygens (including phenoxy) is 1. The smallest absolute Gasteiger partial charge is 0.258 e. The van der Waals surface area contributed by atoms with E-state index >= 15 is 0 Å². The molecule has 0 spiro atoms. The van der Waals surface area contributed by atoms with Gasteiger partial charge in [-0.3, -0.25) is 9.52 Å². The summed E-state index contributed by atoms with van der Waals surface area (Å²) in [4.78, 5) is 14.3. The van der Waals surface area contributed by atoms with Crippen LogP contribution in [0.25, 0.3) is 0 Å². The van der Waals surface area contributed by atoms with Gasteiger partial charge in [0.2, 0.25) is 10.0 Å². The SMILES string of the molecule is CS(=O)(=O)Nc1ccc2c(c1)OCCN2C(=O)c1cc(Cl)c(O)c(Cl)c1. The highest BCUT2D eigenvalue weighted by atomic mass is 35.5. The molecule has 0 radical (unpaired) electrons. The van der Waals surface area contributed by atoms with Crippen LogP contribution < -0.4 is 14.4 Å². The highest BCUT2D eigenvalue weighted by molar-refractivity contribution is 7.92. The van der Waals surface area contributed by atoms with Crippen molar-refractivity contribution in [3.05, 3.63) is 45.9 Å². The van der Waals surface area contributed by atoms with Crippen LogP contribution >= 0.6 is 23.2 Å². The second kappa shape index (κ2) is 6.86. The topological polar surface area (TPSA) is 95.9 Å². The van der Waals surface area contributed by atoms with Crippen LogP contribution in [-0.4, -0.2) is 38.8 Å². The van der Waals surface area contributed by atoms with Gasteiger partial charge < -0.3 is 14.7 Å². The first-order valence-electron chi connectivity index (χ1n) is 7.40. The summed E-state index contributed by atoms with van der Waals surface area (Å²) in [7, 11) is -3.43. The maximum absolute atomic E-state index is 12.9. The number of amides is 1. The van der Waals surface area contributed by atoms with E-state index in [9.17, 15) is 18.3 Å². The molecule has 2 N–H and O–H groups in total. The van der Waals surface area contributed by atoms with Crippen LogP contribution in [-0.2, 0) is 10.0 Å². The minimum Gasteiger partial charge on any atom is -0.505 e.